The van der Waals surface area contributed by atoms with Gasteiger partial charge in [0.25, 0.3) is 0 Å². The summed E-state index contributed by atoms with van der Waals surface area (Å²) in [5, 5.41) is 1.06. The van der Waals surface area contributed by atoms with Gasteiger partial charge in [0, 0.05) is 40.2 Å². The molecular formula is C17H17N3O. The lowest BCUT2D eigenvalue weighted by Gasteiger charge is -2.20. The Balaban J connectivity index is 1.73. The Morgan fingerprint density at radius 3 is 3.00 bits per heavy atom. The largest absolute Gasteiger partial charge is 0.358 e. The molecule has 1 atom stereocenters. The lowest BCUT2D eigenvalue weighted by atomic mass is 9.82. The zero-order valence-electron chi connectivity index (χ0n) is 11.9. The molecule has 0 bridgehead atoms. The number of para-hydroxylation sites is 1. The van der Waals surface area contributed by atoms with E-state index in [-0.39, 0.29) is 11.7 Å². The third-order valence-electron chi connectivity index (χ3n) is 4.52. The third-order valence-corrected chi connectivity index (χ3v) is 4.52. The number of Topliss-reactive ketones (excluding diaryl/α,β-unsaturated/α-hetero) is 1. The van der Waals surface area contributed by atoms with Crippen molar-refractivity contribution in [2.45, 2.75) is 26.2 Å². The highest BCUT2D eigenvalue weighted by molar-refractivity contribution is 6.11. The number of H-pyrrole nitrogens is 2. The predicted octanol–water partition coefficient (Wildman–Crippen LogP) is 3.19. The van der Waals surface area contributed by atoms with Gasteiger partial charge in [-0.15, -0.1) is 0 Å². The molecule has 0 spiro atoms. The van der Waals surface area contributed by atoms with E-state index in [1.165, 1.54) is 0 Å². The summed E-state index contributed by atoms with van der Waals surface area (Å²) in [7, 11) is 0. The summed E-state index contributed by atoms with van der Waals surface area (Å²) in [5.74, 6) is 0.301. The first-order valence-corrected chi connectivity index (χ1v) is 7.36. The van der Waals surface area contributed by atoms with Crippen LogP contribution < -0.4 is 0 Å². The number of carbonyl (C=O) groups excluding carboxylic acids is 1. The molecule has 1 aliphatic carbocycles. The van der Waals surface area contributed by atoms with Crippen molar-refractivity contribution in [3.05, 3.63) is 53.2 Å². The number of ketones is 1. The molecule has 1 aromatic carbocycles. The number of benzene rings is 1. The first kappa shape index (κ1) is 12.4. The standard InChI is InChI=1S/C17H17N3O/c1-10-15(19-9-18-10)8-11-6-7-14-16(17(11)21)12-4-2-3-5-13(12)20-14/h2-5,9,11,20H,6-8H2,1H3,(H,18,19). The Morgan fingerprint density at radius 1 is 1.33 bits per heavy atom. The van der Waals surface area contributed by atoms with E-state index in [1.807, 2.05) is 31.2 Å². The number of fused-ring (bicyclic) bond motifs is 3. The highest BCUT2D eigenvalue weighted by Crippen LogP contribution is 2.33. The fourth-order valence-electron chi connectivity index (χ4n) is 3.34. The van der Waals surface area contributed by atoms with Crippen molar-refractivity contribution in [1.82, 2.24) is 15.0 Å². The second-order valence-electron chi connectivity index (χ2n) is 5.80. The van der Waals surface area contributed by atoms with Gasteiger partial charge in [-0.25, -0.2) is 4.98 Å². The van der Waals surface area contributed by atoms with E-state index in [9.17, 15) is 4.79 Å². The Morgan fingerprint density at radius 2 is 2.19 bits per heavy atom. The molecule has 2 aromatic heterocycles. The molecule has 0 saturated carbocycles. The summed E-state index contributed by atoms with van der Waals surface area (Å²) in [4.78, 5) is 23.7. The molecule has 0 fully saturated rings. The molecule has 2 heterocycles. The number of rotatable bonds is 2. The van der Waals surface area contributed by atoms with E-state index >= 15 is 0 Å². The van der Waals surface area contributed by atoms with Gasteiger partial charge >= 0.3 is 0 Å². The Hall–Kier alpha value is -2.36. The van der Waals surface area contributed by atoms with Gasteiger partial charge in [-0.1, -0.05) is 18.2 Å². The van der Waals surface area contributed by atoms with Gasteiger partial charge in [0.1, 0.15) is 0 Å². The molecule has 1 unspecified atom stereocenters. The van der Waals surface area contributed by atoms with E-state index in [0.29, 0.717) is 0 Å². The Labute approximate surface area is 122 Å². The molecule has 4 rings (SSSR count). The number of hydrogen-bond donors (Lipinski definition) is 2. The van der Waals surface area contributed by atoms with Crippen molar-refractivity contribution >= 4 is 16.7 Å². The molecule has 1 aliphatic rings. The van der Waals surface area contributed by atoms with Crippen LogP contribution in [0.25, 0.3) is 10.9 Å². The van der Waals surface area contributed by atoms with Crippen LogP contribution in [-0.4, -0.2) is 20.7 Å². The van der Waals surface area contributed by atoms with E-state index in [2.05, 4.69) is 15.0 Å². The van der Waals surface area contributed by atoms with E-state index in [0.717, 1.165) is 52.8 Å². The molecular weight excluding hydrogens is 262 g/mol. The average molecular weight is 279 g/mol. The molecule has 4 heteroatoms. The zero-order chi connectivity index (χ0) is 14.4. The number of carbonyl (C=O) groups is 1. The molecule has 0 radical (unpaired) electrons. The summed E-state index contributed by atoms with van der Waals surface area (Å²) < 4.78 is 0. The Kier molecular flexibility index (Phi) is 2.70. The first-order chi connectivity index (χ1) is 10.2. The molecule has 4 nitrogen and oxygen atoms in total. The van der Waals surface area contributed by atoms with Crippen molar-refractivity contribution in [1.29, 1.82) is 0 Å². The van der Waals surface area contributed by atoms with Crippen LogP contribution in [0.1, 0.15) is 33.9 Å². The maximum atomic E-state index is 12.9. The average Bonchev–Trinajstić information content (AvgIpc) is 3.06. The summed E-state index contributed by atoms with van der Waals surface area (Å²) >= 11 is 0. The van der Waals surface area contributed by atoms with Gasteiger partial charge in [0.05, 0.1) is 12.0 Å². The molecule has 0 aliphatic heterocycles. The molecule has 21 heavy (non-hydrogen) atoms. The normalized spacial score (nSPS) is 18.1. The van der Waals surface area contributed by atoms with Gasteiger partial charge in [0.15, 0.2) is 5.78 Å². The molecule has 0 saturated heterocycles. The summed E-state index contributed by atoms with van der Waals surface area (Å²) in [6, 6.07) is 8.06. The minimum absolute atomic E-state index is 0.0405. The topological polar surface area (TPSA) is 61.5 Å². The van der Waals surface area contributed by atoms with Crippen molar-refractivity contribution in [3.8, 4) is 0 Å². The van der Waals surface area contributed by atoms with Crippen LogP contribution in [0.2, 0.25) is 0 Å². The van der Waals surface area contributed by atoms with Crippen LogP contribution in [0.5, 0.6) is 0 Å². The third kappa shape index (κ3) is 1.90. The fourth-order valence-corrected chi connectivity index (χ4v) is 3.34. The number of nitrogens with zero attached hydrogens (tertiary/aromatic N) is 1. The number of nitrogens with one attached hydrogen (secondary N) is 2. The fraction of sp³-hybridized carbons (Fsp3) is 0.294. The maximum absolute atomic E-state index is 12.9. The number of hydrogen-bond acceptors (Lipinski definition) is 2. The van der Waals surface area contributed by atoms with Gasteiger partial charge in [0.2, 0.25) is 0 Å². The summed E-state index contributed by atoms with van der Waals surface area (Å²) in [5.41, 5.74) is 5.13. The van der Waals surface area contributed by atoms with Gasteiger partial charge in [-0.3, -0.25) is 4.79 Å². The lowest BCUT2D eigenvalue weighted by molar-refractivity contribution is 0.0902. The summed E-state index contributed by atoms with van der Waals surface area (Å²) in [6.07, 6.45) is 4.26. The summed E-state index contributed by atoms with van der Waals surface area (Å²) in [6.45, 7) is 2.01. The SMILES string of the molecule is Cc1[nH]cnc1CC1CCc2[nH]c3ccccc3c2C1=O. The van der Waals surface area contributed by atoms with Gasteiger partial charge in [-0.2, -0.15) is 0 Å². The number of aromatic amines is 2. The first-order valence-electron chi connectivity index (χ1n) is 7.36. The van der Waals surface area contributed by atoms with Crippen LogP contribution in [0, 0.1) is 12.8 Å². The van der Waals surface area contributed by atoms with Crippen LogP contribution in [0.4, 0.5) is 0 Å². The lowest BCUT2D eigenvalue weighted by Crippen LogP contribution is -2.24. The minimum atomic E-state index is 0.0405. The predicted molar refractivity (Wildman–Crippen MR) is 81.5 cm³/mol. The smallest absolute Gasteiger partial charge is 0.168 e. The van der Waals surface area contributed by atoms with E-state index in [4.69, 9.17) is 0 Å². The molecule has 3 aromatic rings. The van der Waals surface area contributed by atoms with E-state index in [1.54, 1.807) is 6.33 Å². The Bertz CT molecular complexity index is 828. The van der Waals surface area contributed by atoms with Crippen LogP contribution in [0.3, 0.4) is 0 Å². The monoisotopic (exact) mass is 279 g/mol. The van der Waals surface area contributed by atoms with Crippen molar-refractivity contribution in [2.75, 3.05) is 0 Å². The highest BCUT2D eigenvalue weighted by Gasteiger charge is 2.31. The van der Waals surface area contributed by atoms with Crippen molar-refractivity contribution in [3.63, 3.8) is 0 Å². The molecule has 2 N–H and O–H groups in total. The number of aryl methyl sites for hydroxylation is 2. The number of aromatic nitrogens is 3. The quantitative estimate of drug-likeness (QED) is 0.756. The highest BCUT2D eigenvalue weighted by atomic mass is 16.1. The molecule has 0 amide bonds. The maximum Gasteiger partial charge on any atom is 0.168 e. The second-order valence-corrected chi connectivity index (χ2v) is 5.80. The van der Waals surface area contributed by atoms with Crippen molar-refractivity contribution in [2.24, 2.45) is 5.92 Å². The van der Waals surface area contributed by atoms with Crippen LogP contribution in [-0.2, 0) is 12.8 Å². The zero-order valence-corrected chi connectivity index (χ0v) is 11.9. The van der Waals surface area contributed by atoms with E-state index < -0.39 is 0 Å². The van der Waals surface area contributed by atoms with Crippen LogP contribution >= 0.6 is 0 Å². The second kappa shape index (κ2) is 4.58. The molecule has 106 valence electrons. The van der Waals surface area contributed by atoms with Gasteiger partial charge < -0.3 is 9.97 Å². The number of imidazole rings is 1. The minimum Gasteiger partial charge on any atom is -0.358 e. The van der Waals surface area contributed by atoms with Crippen molar-refractivity contribution < 1.29 is 4.79 Å². The van der Waals surface area contributed by atoms with Gasteiger partial charge in [-0.05, 0) is 25.8 Å². The van der Waals surface area contributed by atoms with Crippen LogP contribution in [0.15, 0.2) is 30.6 Å².